The van der Waals surface area contributed by atoms with Crippen LogP contribution in [0.3, 0.4) is 0 Å². The highest BCUT2D eigenvalue weighted by Gasteiger charge is 2.26. The van der Waals surface area contributed by atoms with Gasteiger partial charge in [-0.25, -0.2) is 8.42 Å². The molecule has 6 heteroatoms. The van der Waals surface area contributed by atoms with Crippen molar-refractivity contribution >= 4 is 15.7 Å². The molecule has 2 aromatic carbocycles. The van der Waals surface area contributed by atoms with Crippen LogP contribution in [-0.2, 0) is 22.9 Å². The second-order valence-corrected chi connectivity index (χ2v) is 8.72. The molecule has 0 spiro atoms. The molecule has 0 heterocycles. The fraction of sp³-hybridized carbons (Fsp3) is 0.400. The van der Waals surface area contributed by atoms with Gasteiger partial charge < -0.3 is 10.4 Å². The van der Waals surface area contributed by atoms with Crippen LogP contribution in [-0.4, -0.2) is 32.9 Å². The fourth-order valence-corrected chi connectivity index (χ4v) is 4.05. The minimum absolute atomic E-state index is 0.242. The summed E-state index contributed by atoms with van der Waals surface area (Å²) < 4.78 is 24.9. The highest BCUT2D eigenvalue weighted by Crippen LogP contribution is 2.33. The number of sulfonamides is 1. The highest BCUT2D eigenvalue weighted by molar-refractivity contribution is 7.92. The molecule has 1 unspecified atom stereocenters. The molecular formula is C20H26N2O3S. The van der Waals surface area contributed by atoms with E-state index in [0.717, 1.165) is 49.7 Å². The Morgan fingerprint density at radius 1 is 1.12 bits per heavy atom. The SMILES string of the molecule is CS(=O)(=O)Nc1ccc(CCNCC2CCc3ccccc3[C@@H]2O)cc1. The number of fused-ring (bicyclic) bond motifs is 1. The number of aryl methyl sites for hydroxylation is 1. The first-order valence-electron chi connectivity index (χ1n) is 8.96. The molecule has 1 aliphatic carbocycles. The summed E-state index contributed by atoms with van der Waals surface area (Å²) >= 11 is 0. The van der Waals surface area contributed by atoms with Crippen molar-refractivity contribution in [1.29, 1.82) is 0 Å². The third-order valence-corrected chi connectivity index (χ3v) is 5.47. The molecule has 0 bridgehead atoms. The molecule has 140 valence electrons. The van der Waals surface area contributed by atoms with Gasteiger partial charge in [0.1, 0.15) is 0 Å². The summed E-state index contributed by atoms with van der Waals surface area (Å²) in [5.41, 5.74) is 4.05. The molecule has 1 aliphatic rings. The average Bonchev–Trinajstić information content (AvgIpc) is 2.61. The third-order valence-electron chi connectivity index (χ3n) is 4.86. The number of aliphatic hydroxyl groups excluding tert-OH is 1. The fourth-order valence-electron chi connectivity index (χ4n) is 3.49. The van der Waals surface area contributed by atoms with Gasteiger partial charge in [-0.3, -0.25) is 4.72 Å². The Morgan fingerprint density at radius 2 is 1.85 bits per heavy atom. The van der Waals surface area contributed by atoms with Crippen LogP contribution in [0.2, 0.25) is 0 Å². The number of nitrogens with one attached hydrogen (secondary N) is 2. The van der Waals surface area contributed by atoms with Crippen molar-refractivity contribution < 1.29 is 13.5 Å². The van der Waals surface area contributed by atoms with E-state index in [2.05, 4.69) is 16.1 Å². The van der Waals surface area contributed by atoms with Crippen LogP contribution in [0.1, 0.15) is 29.2 Å². The Kier molecular flexibility index (Phi) is 5.96. The maximum atomic E-state index is 11.2. The minimum Gasteiger partial charge on any atom is -0.388 e. The molecule has 3 N–H and O–H groups in total. The van der Waals surface area contributed by atoms with Crippen LogP contribution in [0.15, 0.2) is 48.5 Å². The van der Waals surface area contributed by atoms with Gasteiger partial charge in [0.05, 0.1) is 12.4 Å². The van der Waals surface area contributed by atoms with E-state index >= 15 is 0 Å². The first kappa shape index (κ1) is 18.9. The lowest BCUT2D eigenvalue weighted by atomic mass is 9.81. The van der Waals surface area contributed by atoms with Gasteiger partial charge in [0.25, 0.3) is 0 Å². The van der Waals surface area contributed by atoms with Crippen LogP contribution in [0.4, 0.5) is 5.69 Å². The van der Waals surface area contributed by atoms with Gasteiger partial charge in [-0.1, -0.05) is 36.4 Å². The largest absolute Gasteiger partial charge is 0.388 e. The number of benzene rings is 2. The lowest BCUT2D eigenvalue weighted by Gasteiger charge is -2.30. The zero-order chi connectivity index (χ0) is 18.6. The minimum atomic E-state index is -3.24. The summed E-state index contributed by atoms with van der Waals surface area (Å²) in [5.74, 6) is 0.242. The van der Waals surface area contributed by atoms with E-state index in [1.165, 1.54) is 5.56 Å². The number of aliphatic hydroxyl groups is 1. The van der Waals surface area contributed by atoms with Crippen LogP contribution in [0.5, 0.6) is 0 Å². The predicted molar refractivity (Wildman–Crippen MR) is 105 cm³/mol. The molecule has 0 fully saturated rings. The normalized spacial score (nSPS) is 19.8. The summed E-state index contributed by atoms with van der Waals surface area (Å²) in [7, 11) is -3.24. The predicted octanol–water partition coefficient (Wildman–Crippen LogP) is 2.49. The van der Waals surface area contributed by atoms with E-state index in [1.54, 1.807) is 12.1 Å². The average molecular weight is 375 g/mol. The van der Waals surface area contributed by atoms with Crippen LogP contribution in [0.25, 0.3) is 0 Å². The van der Waals surface area contributed by atoms with E-state index in [4.69, 9.17) is 0 Å². The Hall–Kier alpha value is -1.89. The topological polar surface area (TPSA) is 78.4 Å². The Labute approximate surface area is 155 Å². The van der Waals surface area contributed by atoms with E-state index in [-0.39, 0.29) is 5.92 Å². The van der Waals surface area contributed by atoms with Crippen molar-refractivity contribution in [2.75, 3.05) is 24.1 Å². The highest BCUT2D eigenvalue weighted by atomic mass is 32.2. The lowest BCUT2D eigenvalue weighted by molar-refractivity contribution is 0.0931. The molecule has 2 atom stereocenters. The standard InChI is InChI=1S/C20H26N2O3S/c1-26(24,25)22-18-10-6-15(7-11-18)12-13-21-14-17-9-8-16-4-2-3-5-19(16)20(17)23/h2-7,10-11,17,20-23H,8-9,12-14H2,1H3/t17?,20-/m1/s1. The summed E-state index contributed by atoms with van der Waals surface area (Å²) in [5, 5.41) is 14.0. The van der Waals surface area contributed by atoms with E-state index in [0.29, 0.717) is 5.69 Å². The Morgan fingerprint density at radius 3 is 2.58 bits per heavy atom. The molecule has 3 rings (SSSR count). The third kappa shape index (κ3) is 5.06. The Bertz CT molecular complexity index is 834. The second kappa shape index (κ2) is 8.20. The number of hydrogen-bond donors (Lipinski definition) is 3. The zero-order valence-corrected chi connectivity index (χ0v) is 15.8. The van der Waals surface area contributed by atoms with Crippen molar-refractivity contribution in [3.8, 4) is 0 Å². The van der Waals surface area contributed by atoms with Gasteiger partial charge >= 0.3 is 0 Å². The first-order valence-corrected chi connectivity index (χ1v) is 10.8. The number of rotatable bonds is 7. The molecule has 0 saturated heterocycles. The lowest BCUT2D eigenvalue weighted by Crippen LogP contribution is -2.31. The van der Waals surface area contributed by atoms with Crippen LogP contribution >= 0.6 is 0 Å². The number of hydrogen-bond acceptors (Lipinski definition) is 4. The van der Waals surface area contributed by atoms with Gasteiger partial charge in [-0.2, -0.15) is 0 Å². The maximum Gasteiger partial charge on any atom is 0.229 e. The Balaban J connectivity index is 1.45. The van der Waals surface area contributed by atoms with Crippen molar-refractivity contribution in [3.05, 3.63) is 65.2 Å². The quantitative estimate of drug-likeness (QED) is 0.651. The number of anilines is 1. The molecular weight excluding hydrogens is 348 g/mol. The molecule has 5 nitrogen and oxygen atoms in total. The molecule has 0 amide bonds. The van der Waals surface area contributed by atoms with Gasteiger partial charge in [-0.05, 0) is 54.6 Å². The summed E-state index contributed by atoms with van der Waals surface area (Å²) in [4.78, 5) is 0. The molecule has 0 aliphatic heterocycles. The van der Waals surface area contributed by atoms with E-state index < -0.39 is 16.1 Å². The smallest absolute Gasteiger partial charge is 0.229 e. The summed E-state index contributed by atoms with van der Waals surface area (Å²) in [6, 6.07) is 15.6. The molecule has 0 radical (unpaired) electrons. The molecule has 0 aromatic heterocycles. The molecule has 26 heavy (non-hydrogen) atoms. The van der Waals surface area contributed by atoms with Crippen molar-refractivity contribution in [3.63, 3.8) is 0 Å². The zero-order valence-electron chi connectivity index (χ0n) is 15.0. The maximum absolute atomic E-state index is 11.2. The van der Waals surface area contributed by atoms with Crippen molar-refractivity contribution in [2.45, 2.75) is 25.4 Å². The van der Waals surface area contributed by atoms with Crippen LogP contribution in [0, 0.1) is 5.92 Å². The van der Waals surface area contributed by atoms with Gasteiger partial charge in [0.15, 0.2) is 0 Å². The monoisotopic (exact) mass is 374 g/mol. The summed E-state index contributed by atoms with van der Waals surface area (Å²) in [6.07, 6.45) is 3.63. The van der Waals surface area contributed by atoms with Crippen LogP contribution < -0.4 is 10.0 Å². The van der Waals surface area contributed by atoms with E-state index in [9.17, 15) is 13.5 Å². The van der Waals surface area contributed by atoms with E-state index in [1.807, 2.05) is 30.3 Å². The van der Waals surface area contributed by atoms with Gasteiger partial charge in [0.2, 0.25) is 10.0 Å². The van der Waals surface area contributed by atoms with Gasteiger partial charge in [-0.15, -0.1) is 0 Å². The first-order chi connectivity index (χ1) is 12.4. The molecule has 0 saturated carbocycles. The van der Waals surface area contributed by atoms with Crippen molar-refractivity contribution in [2.24, 2.45) is 5.92 Å². The molecule has 2 aromatic rings. The second-order valence-electron chi connectivity index (χ2n) is 6.97. The van der Waals surface area contributed by atoms with Crippen molar-refractivity contribution in [1.82, 2.24) is 5.32 Å². The van der Waals surface area contributed by atoms with Gasteiger partial charge in [0, 0.05) is 18.2 Å². The summed E-state index contributed by atoms with van der Waals surface area (Å²) in [6.45, 7) is 1.62.